The minimum absolute atomic E-state index is 0.0166. The topological polar surface area (TPSA) is 68.4 Å². The Kier molecular flexibility index (Phi) is 7.23. The van der Waals surface area contributed by atoms with Crippen molar-refractivity contribution < 1.29 is 4.79 Å². The predicted octanol–water partition coefficient (Wildman–Crippen LogP) is 2.39. The van der Waals surface area contributed by atoms with Crippen LogP contribution >= 0.6 is 0 Å². The van der Waals surface area contributed by atoms with E-state index in [1.807, 2.05) is 39.1 Å². The van der Waals surface area contributed by atoms with Gasteiger partial charge in [-0.05, 0) is 83.9 Å². The van der Waals surface area contributed by atoms with Crippen LogP contribution in [0.4, 0.5) is 10.5 Å². The first kappa shape index (κ1) is 19.7. The highest BCUT2D eigenvalue weighted by Gasteiger charge is 2.38. The van der Waals surface area contributed by atoms with E-state index < -0.39 is 0 Å². The van der Waals surface area contributed by atoms with Gasteiger partial charge in [-0.1, -0.05) is 6.07 Å². The Balaban J connectivity index is 1.81. The summed E-state index contributed by atoms with van der Waals surface area (Å²) in [4.78, 5) is 14.6. The molecule has 0 spiro atoms. The zero-order chi connectivity index (χ0) is 18.4. The van der Waals surface area contributed by atoms with Crippen molar-refractivity contribution in [3.05, 3.63) is 29.3 Å². The van der Waals surface area contributed by atoms with Gasteiger partial charge in [-0.3, -0.25) is 4.90 Å². The molecule has 1 aromatic carbocycles. The molecule has 0 bridgehead atoms. The number of likely N-dealkylation sites (tertiary alicyclic amines) is 1. The summed E-state index contributed by atoms with van der Waals surface area (Å²) < 4.78 is 0. The van der Waals surface area contributed by atoms with Crippen LogP contribution in [0.15, 0.2) is 18.2 Å². The lowest BCUT2D eigenvalue weighted by Gasteiger charge is -2.50. The molecule has 140 valence electrons. The van der Waals surface area contributed by atoms with Gasteiger partial charge in [0, 0.05) is 11.7 Å². The average molecular weight is 348 g/mol. The van der Waals surface area contributed by atoms with Crippen LogP contribution in [0.3, 0.4) is 0 Å². The highest BCUT2D eigenvalue weighted by atomic mass is 16.2. The Morgan fingerprint density at radius 2 is 2.04 bits per heavy atom. The van der Waals surface area contributed by atoms with E-state index in [4.69, 9.17) is 0 Å². The number of carbonyl (C=O) groups is 1. The first-order valence-corrected chi connectivity index (χ1v) is 9.22. The third-order valence-electron chi connectivity index (χ3n) is 4.97. The molecule has 0 radical (unpaired) electrons. The van der Waals surface area contributed by atoms with Crippen LogP contribution in [-0.4, -0.2) is 49.4 Å². The molecule has 3 atom stereocenters. The van der Waals surface area contributed by atoms with Gasteiger partial charge >= 0.3 is 6.03 Å². The minimum Gasteiger partial charge on any atom is -0.323 e. The Labute approximate surface area is 151 Å². The molecule has 25 heavy (non-hydrogen) atoms. The molecule has 0 aromatic heterocycles. The average Bonchev–Trinajstić information content (AvgIpc) is 2.53. The highest BCUT2D eigenvalue weighted by Crippen LogP contribution is 2.25. The van der Waals surface area contributed by atoms with E-state index in [1.54, 1.807) is 0 Å². The molecule has 1 aromatic rings. The van der Waals surface area contributed by atoms with E-state index in [2.05, 4.69) is 40.0 Å². The Morgan fingerprint density at radius 3 is 2.68 bits per heavy atom. The van der Waals surface area contributed by atoms with Crippen LogP contribution in [0.2, 0.25) is 0 Å². The number of hydrogen-bond donors (Lipinski definition) is 4. The van der Waals surface area contributed by atoms with Crippen molar-refractivity contribution >= 4 is 11.7 Å². The molecule has 1 saturated heterocycles. The van der Waals surface area contributed by atoms with Crippen molar-refractivity contribution in [3.8, 4) is 0 Å². The summed E-state index contributed by atoms with van der Waals surface area (Å²) >= 11 is 0. The fraction of sp³-hybridized carbons (Fsp3) is 0.632. The smallest absolute Gasteiger partial charge is 0.320 e. The quantitative estimate of drug-likeness (QED) is 0.545. The van der Waals surface area contributed by atoms with E-state index in [-0.39, 0.29) is 12.2 Å². The number of benzene rings is 1. The summed E-state index contributed by atoms with van der Waals surface area (Å²) in [5.41, 5.74) is 3.22. The lowest BCUT2D eigenvalue weighted by atomic mass is 9.99. The van der Waals surface area contributed by atoms with E-state index in [0.717, 1.165) is 31.6 Å². The predicted molar refractivity (Wildman–Crippen MR) is 104 cm³/mol. The van der Waals surface area contributed by atoms with Crippen LogP contribution < -0.4 is 21.3 Å². The van der Waals surface area contributed by atoms with Crippen molar-refractivity contribution in [2.75, 3.05) is 25.5 Å². The first-order valence-electron chi connectivity index (χ1n) is 9.22. The van der Waals surface area contributed by atoms with Crippen LogP contribution in [-0.2, 0) is 0 Å². The molecule has 0 saturated carbocycles. The maximum absolute atomic E-state index is 12.3. The number of nitrogens with zero attached hydrogens (tertiary/aromatic N) is 1. The number of hydrogen-bond acceptors (Lipinski definition) is 4. The van der Waals surface area contributed by atoms with Gasteiger partial charge in [0.05, 0.1) is 12.3 Å². The summed E-state index contributed by atoms with van der Waals surface area (Å²) in [7, 11) is 1.97. The Bertz CT molecular complexity index is 577. The zero-order valence-corrected chi connectivity index (χ0v) is 16.1. The monoisotopic (exact) mass is 347 g/mol. The van der Waals surface area contributed by atoms with Crippen LogP contribution in [0.5, 0.6) is 0 Å². The first-order chi connectivity index (χ1) is 11.9. The SMILES string of the molecule is CNCCCNC1CC(C)N1C(C)NC(=O)Nc1ccc(C)c(C)c1. The normalized spacial score (nSPS) is 21.5. The molecule has 1 aliphatic heterocycles. The third kappa shape index (κ3) is 5.42. The van der Waals surface area contributed by atoms with Crippen molar-refractivity contribution in [1.82, 2.24) is 20.9 Å². The molecule has 4 N–H and O–H groups in total. The van der Waals surface area contributed by atoms with Gasteiger partial charge in [0.25, 0.3) is 0 Å². The fourth-order valence-electron chi connectivity index (χ4n) is 3.36. The van der Waals surface area contributed by atoms with Gasteiger partial charge in [-0.15, -0.1) is 0 Å². The van der Waals surface area contributed by atoms with Crippen LogP contribution in [0, 0.1) is 13.8 Å². The molecule has 0 aliphatic carbocycles. The number of aryl methyl sites for hydroxylation is 2. The molecular formula is C19H33N5O. The Hall–Kier alpha value is -1.63. The minimum atomic E-state index is -0.163. The van der Waals surface area contributed by atoms with E-state index in [0.29, 0.717) is 12.2 Å². The largest absolute Gasteiger partial charge is 0.323 e. The molecule has 1 aliphatic rings. The molecule has 3 unspecified atom stereocenters. The van der Waals surface area contributed by atoms with Gasteiger partial charge in [0.1, 0.15) is 0 Å². The maximum atomic E-state index is 12.3. The van der Waals surface area contributed by atoms with Crippen LogP contribution in [0.1, 0.15) is 37.8 Å². The van der Waals surface area contributed by atoms with Gasteiger partial charge in [-0.25, -0.2) is 4.79 Å². The number of urea groups is 1. The van der Waals surface area contributed by atoms with Crippen molar-refractivity contribution in [1.29, 1.82) is 0 Å². The van der Waals surface area contributed by atoms with Gasteiger partial charge in [0.2, 0.25) is 0 Å². The molecule has 1 heterocycles. The Morgan fingerprint density at radius 1 is 1.28 bits per heavy atom. The molecular weight excluding hydrogens is 314 g/mol. The van der Waals surface area contributed by atoms with Crippen molar-refractivity contribution in [2.24, 2.45) is 0 Å². The molecule has 6 nitrogen and oxygen atoms in total. The number of anilines is 1. The van der Waals surface area contributed by atoms with Gasteiger partial charge in [-0.2, -0.15) is 0 Å². The summed E-state index contributed by atoms with van der Waals surface area (Å²) in [6.07, 6.45) is 2.54. The fourth-order valence-corrected chi connectivity index (χ4v) is 3.36. The number of carbonyl (C=O) groups excluding carboxylic acids is 1. The zero-order valence-electron chi connectivity index (χ0n) is 16.1. The summed E-state index contributed by atoms with van der Waals surface area (Å²) in [5, 5.41) is 12.7. The molecule has 6 heteroatoms. The highest BCUT2D eigenvalue weighted by molar-refractivity contribution is 5.89. The number of rotatable bonds is 8. The van der Waals surface area contributed by atoms with Gasteiger partial charge < -0.3 is 21.3 Å². The number of amides is 2. The standard InChI is InChI=1S/C19H33N5O/c1-13-7-8-17(11-14(13)2)23-19(25)22-16(4)24-15(3)12-18(24)21-10-6-9-20-5/h7-8,11,15-16,18,20-21H,6,9-10,12H2,1-5H3,(H2,22,23,25). The van der Waals surface area contributed by atoms with E-state index >= 15 is 0 Å². The summed E-state index contributed by atoms with van der Waals surface area (Å²) in [6.45, 7) is 10.4. The van der Waals surface area contributed by atoms with E-state index in [1.165, 1.54) is 11.1 Å². The molecule has 1 fully saturated rings. The maximum Gasteiger partial charge on any atom is 0.320 e. The second-order valence-electron chi connectivity index (χ2n) is 7.03. The third-order valence-corrected chi connectivity index (χ3v) is 4.97. The van der Waals surface area contributed by atoms with Crippen molar-refractivity contribution in [3.63, 3.8) is 0 Å². The molecule has 2 rings (SSSR count). The lowest BCUT2D eigenvalue weighted by molar-refractivity contribution is -0.0344. The second kappa shape index (κ2) is 9.17. The van der Waals surface area contributed by atoms with E-state index in [9.17, 15) is 4.79 Å². The van der Waals surface area contributed by atoms with Crippen molar-refractivity contribution in [2.45, 2.75) is 58.9 Å². The van der Waals surface area contributed by atoms with Gasteiger partial charge in [0.15, 0.2) is 0 Å². The summed E-state index contributed by atoms with van der Waals surface area (Å²) in [6, 6.07) is 6.27. The second-order valence-corrected chi connectivity index (χ2v) is 7.03. The molecule has 2 amide bonds. The lowest BCUT2D eigenvalue weighted by Crippen LogP contribution is -2.67. The van der Waals surface area contributed by atoms with Crippen LogP contribution in [0.25, 0.3) is 0 Å². The summed E-state index contributed by atoms with van der Waals surface area (Å²) in [5.74, 6) is 0. The number of nitrogens with one attached hydrogen (secondary N) is 4.